The third-order valence-corrected chi connectivity index (χ3v) is 5.71. The molecule has 1 aromatic rings. The van der Waals surface area contributed by atoms with Gasteiger partial charge in [-0.25, -0.2) is 8.42 Å². The molecular weight excluding hydrogens is 270 g/mol. The van der Waals surface area contributed by atoms with Gasteiger partial charge in [0.25, 0.3) is 0 Å². The summed E-state index contributed by atoms with van der Waals surface area (Å²) in [5.74, 6) is 0.516. The van der Waals surface area contributed by atoms with Gasteiger partial charge < -0.3 is 5.32 Å². The summed E-state index contributed by atoms with van der Waals surface area (Å²) in [5, 5.41) is 3.85. The van der Waals surface area contributed by atoms with Crippen LogP contribution in [-0.2, 0) is 9.84 Å². The van der Waals surface area contributed by atoms with Crippen LogP contribution in [0.25, 0.3) is 0 Å². The van der Waals surface area contributed by atoms with E-state index in [1.54, 1.807) is 18.2 Å². The van der Waals surface area contributed by atoms with E-state index < -0.39 is 9.84 Å². The lowest BCUT2D eigenvalue weighted by Crippen LogP contribution is -2.31. The van der Waals surface area contributed by atoms with E-state index in [2.05, 4.69) is 5.32 Å². The number of halogens is 1. The van der Waals surface area contributed by atoms with E-state index in [1.165, 1.54) is 0 Å². The Hall–Kier alpha value is -0.580. The molecule has 0 amide bonds. The predicted octanol–water partition coefficient (Wildman–Crippen LogP) is 2.42. The van der Waals surface area contributed by atoms with Crippen LogP contribution >= 0.6 is 11.6 Å². The molecule has 1 N–H and O–H groups in total. The Bertz CT molecular complexity index is 522. The number of hydrogen-bond donors (Lipinski definition) is 1. The maximum Gasteiger partial charge on any atom is 0.178 e. The second-order valence-electron chi connectivity index (χ2n) is 4.89. The molecule has 0 aliphatic carbocycles. The summed E-state index contributed by atoms with van der Waals surface area (Å²) in [6, 6.07) is 4.93. The lowest BCUT2D eigenvalue weighted by Gasteiger charge is -2.22. The fourth-order valence-corrected chi connectivity index (χ4v) is 4.16. The molecule has 0 bridgehead atoms. The van der Waals surface area contributed by atoms with Gasteiger partial charge in [0, 0.05) is 5.02 Å². The highest BCUT2D eigenvalue weighted by atomic mass is 35.5. The minimum atomic E-state index is -3.19. The molecule has 100 valence electrons. The van der Waals surface area contributed by atoms with Crippen molar-refractivity contribution in [3.8, 4) is 0 Å². The Labute approximate surface area is 113 Å². The van der Waals surface area contributed by atoms with Crippen molar-refractivity contribution in [2.75, 3.05) is 18.8 Å². The molecule has 18 heavy (non-hydrogen) atoms. The van der Waals surface area contributed by atoms with Crippen LogP contribution in [0.1, 0.15) is 18.4 Å². The SMILES string of the molecule is Cc1cc(S(=O)(=O)CC2CCNCC2)ccc1Cl. The topological polar surface area (TPSA) is 46.2 Å². The minimum absolute atomic E-state index is 0.246. The van der Waals surface area contributed by atoms with Crippen molar-refractivity contribution in [3.63, 3.8) is 0 Å². The zero-order valence-corrected chi connectivity index (χ0v) is 12.0. The maximum absolute atomic E-state index is 12.3. The van der Waals surface area contributed by atoms with Gasteiger partial charge in [-0.15, -0.1) is 0 Å². The average molecular weight is 288 g/mol. The number of benzene rings is 1. The summed E-state index contributed by atoms with van der Waals surface area (Å²) in [5.41, 5.74) is 0.808. The van der Waals surface area contributed by atoms with Gasteiger partial charge in [0.1, 0.15) is 0 Å². The first-order chi connectivity index (χ1) is 8.49. The van der Waals surface area contributed by atoms with Crippen molar-refractivity contribution in [2.24, 2.45) is 5.92 Å². The van der Waals surface area contributed by atoms with Gasteiger partial charge >= 0.3 is 0 Å². The highest BCUT2D eigenvalue weighted by Gasteiger charge is 2.23. The van der Waals surface area contributed by atoms with Crippen LogP contribution in [0.5, 0.6) is 0 Å². The predicted molar refractivity (Wildman–Crippen MR) is 73.8 cm³/mol. The van der Waals surface area contributed by atoms with E-state index >= 15 is 0 Å². The monoisotopic (exact) mass is 287 g/mol. The fraction of sp³-hybridized carbons (Fsp3) is 0.538. The first-order valence-electron chi connectivity index (χ1n) is 6.19. The zero-order valence-electron chi connectivity index (χ0n) is 10.4. The van der Waals surface area contributed by atoms with Crippen LogP contribution in [0.2, 0.25) is 5.02 Å². The van der Waals surface area contributed by atoms with E-state index in [0.29, 0.717) is 9.92 Å². The van der Waals surface area contributed by atoms with Crippen molar-refractivity contribution >= 4 is 21.4 Å². The molecule has 5 heteroatoms. The van der Waals surface area contributed by atoms with Gasteiger partial charge in [0.2, 0.25) is 0 Å². The molecule has 1 aliphatic rings. The summed E-state index contributed by atoms with van der Waals surface area (Å²) < 4.78 is 24.6. The molecule has 1 saturated heterocycles. The van der Waals surface area contributed by atoms with Crippen LogP contribution in [0, 0.1) is 12.8 Å². The molecular formula is C13H18ClNO2S. The van der Waals surface area contributed by atoms with Gasteiger partial charge in [-0.3, -0.25) is 0 Å². The third kappa shape index (κ3) is 3.25. The smallest absolute Gasteiger partial charge is 0.178 e. The Balaban J connectivity index is 2.16. The maximum atomic E-state index is 12.3. The molecule has 0 radical (unpaired) electrons. The first-order valence-corrected chi connectivity index (χ1v) is 8.22. The van der Waals surface area contributed by atoms with Crippen molar-refractivity contribution in [1.82, 2.24) is 5.32 Å². The largest absolute Gasteiger partial charge is 0.317 e. The Morgan fingerprint density at radius 1 is 1.33 bits per heavy atom. The van der Waals surface area contributed by atoms with Crippen molar-refractivity contribution in [3.05, 3.63) is 28.8 Å². The van der Waals surface area contributed by atoms with E-state index in [1.807, 2.05) is 6.92 Å². The van der Waals surface area contributed by atoms with Crippen LogP contribution in [-0.4, -0.2) is 27.3 Å². The number of rotatable bonds is 3. The molecule has 0 unspecified atom stereocenters. The quantitative estimate of drug-likeness (QED) is 0.929. The molecule has 1 aliphatic heterocycles. The molecule has 1 fully saturated rings. The molecule has 0 aromatic heterocycles. The van der Waals surface area contributed by atoms with Gasteiger partial charge in [-0.05, 0) is 62.5 Å². The van der Waals surface area contributed by atoms with E-state index in [0.717, 1.165) is 31.5 Å². The third-order valence-electron chi connectivity index (χ3n) is 3.40. The Morgan fingerprint density at radius 3 is 2.61 bits per heavy atom. The zero-order chi connectivity index (χ0) is 13.2. The molecule has 0 spiro atoms. The number of aryl methyl sites for hydroxylation is 1. The molecule has 0 atom stereocenters. The fourth-order valence-electron chi connectivity index (χ4n) is 2.27. The van der Waals surface area contributed by atoms with Gasteiger partial charge in [0.05, 0.1) is 10.6 Å². The normalized spacial score (nSPS) is 17.9. The van der Waals surface area contributed by atoms with Crippen molar-refractivity contribution in [1.29, 1.82) is 0 Å². The van der Waals surface area contributed by atoms with Crippen LogP contribution in [0.15, 0.2) is 23.1 Å². The Morgan fingerprint density at radius 2 is 2.00 bits per heavy atom. The van der Waals surface area contributed by atoms with E-state index in [9.17, 15) is 8.42 Å². The van der Waals surface area contributed by atoms with Crippen LogP contribution in [0.3, 0.4) is 0 Å². The average Bonchev–Trinajstić information content (AvgIpc) is 2.33. The summed E-state index contributed by atoms with van der Waals surface area (Å²) in [4.78, 5) is 0.392. The lowest BCUT2D eigenvalue weighted by molar-refractivity contribution is 0.401. The second-order valence-corrected chi connectivity index (χ2v) is 7.33. The van der Waals surface area contributed by atoms with Crippen LogP contribution in [0.4, 0.5) is 0 Å². The van der Waals surface area contributed by atoms with Crippen molar-refractivity contribution in [2.45, 2.75) is 24.7 Å². The highest BCUT2D eigenvalue weighted by molar-refractivity contribution is 7.91. The minimum Gasteiger partial charge on any atom is -0.317 e. The number of sulfone groups is 1. The van der Waals surface area contributed by atoms with E-state index in [4.69, 9.17) is 11.6 Å². The molecule has 2 rings (SSSR count). The van der Waals surface area contributed by atoms with Crippen LogP contribution < -0.4 is 5.32 Å². The summed E-state index contributed by atoms with van der Waals surface area (Å²) in [6.07, 6.45) is 1.87. The standard InChI is InChI=1S/C13H18ClNO2S/c1-10-8-12(2-3-13(10)14)18(16,17)9-11-4-6-15-7-5-11/h2-3,8,11,15H,4-7,9H2,1H3. The molecule has 1 heterocycles. The molecule has 1 aromatic carbocycles. The summed E-state index contributed by atoms with van der Waals surface area (Å²) in [7, 11) is -3.19. The highest BCUT2D eigenvalue weighted by Crippen LogP contribution is 2.23. The van der Waals surface area contributed by atoms with Gasteiger partial charge in [-0.2, -0.15) is 0 Å². The molecule has 3 nitrogen and oxygen atoms in total. The number of hydrogen-bond acceptors (Lipinski definition) is 3. The summed E-state index contributed by atoms with van der Waals surface area (Å²) in [6.45, 7) is 3.66. The van der Waals surface area contributed by atoms with E-state index in [-0.39, 0.29) is 11.7 Å². The van der Waals surface area contributed by atoms with Gasteiger partial charge in [-0.1, -0.05) is 11.6 Å². The number of piperidine rings is 1. The summed E-state index contributed by atoms with van der Waals surface area (Å²) >= 11 is 5.92. The second kappa shape index (κ2) is 5.59. The van der Waals surface area contributed by atoms with Gasteiger partial charge in [0.15, 0.2) is 9.84 Å². The first kappa shape index (κ1) is 13.8. The number of nitrogens with one attached hydrogen (secondary N) is 1. The van der Waals surface area contributed by atoms with Crippen molar-refractivity contribution < 1.29 is 8.42 Å². The molecule has 0 saturated carbocycles. The Kier molecular flexibility index (Phi) is 4.30. The lowest BCUT2D eigenvalue weighted by atomic mass is 10.0.